The molecule has 0 aliphatic carbocycles. The SMILES string of the molecule is CSc1nc(Cl)cc(NCCCn2nc(C)cc2C)n1. The molecule has 0 aromatic carbocycles. The second-order valence-corrected chi connectivity index (χ2v) is 5.65. The Hall–Kier alpha value is -1.27. The molecule has 2 rings (SSSR count). The zero-order valence-electron chi connectivity index (χ0n) is 11.9. The highest BCUT2D eigenvalue weighted by Crippen LogP contribution is 2.17. The summed E-state index contributed by atoms with van der Waals surface area (Å²) in [7, 11) is 0. The summed E-state index contributed by atoms with van der Waals surface area (Å²) in [5.74, 6) is 0.766. The maximum absolute atomic E-state index is 5.94. The molecule has 0 saturated heterocycles. The lowest BCUT2D eigenvalue weighted by atomic mass is 10.4. The van der Waals surface area contributed by atoms with Gasteiger partial charge < -0.3 is 5.32 Å². The van der Waals surface area contributed by atoms with E-state index >= 15 is 0 Å². The maximum atomic E-state index is 5.94. The van der Waals surface area contributed by atoms with Crippen LogP contribution in [-0.2, 0) is 6.54 Å². The predicted octanol–water partition coefficient (Wildman–Crippen LogP) is 3.17. The van der Waals surface area contributed by atoms with Crippen molar-refractivity contribution in [2.45, 2.75) is 32.0 Å². The van der Waals surface area contributed by atoms with E-state index in [-0.39, 0.29) is 0 Å². The van der Waals surface area contributed by atoms with Crippen molar-refractivity contribution in [3.05, 3.63) is 28.7 Å². The Morgan fingerprint density at radius 3 is 2.75 bits per heavy atom. The van der Waals surface area contributed by atoms with Gasteiger partial charge in [-0.25, -0.2) is 9.97 Å². The van der Waals surface area contributed by atoms with Crippen LogP contribution >= 0.6 is 23.4 Å². The van der Waals surface area contributed by atoms with Crippen molar-refractivity contribution in [2.24, 2.45) is 0 Å². The Morgan fingerprint density at radius 2 is 2.10 bits per heavy atom. The monoisotopic (exact) mass is 311 g/mol. The Kier molecular flexibility index (Phi) is 5.25. The number of halogens is 1. The van der Waals surface area contributed by atoms with E-state index in [1.807, 2.05) is 17.9 Å². The van der Waals surface area contributed by atoms with Crippen molar-refractivity contribution in [3.63, 3.8) is 0 Å². The van der Waals surface area contributed by atoms with Gasteiger partial charge in [-0.1, -0.05) is 23.4 Å². The van der Waals surface area contributed by atoms with Gasteiger partial charge in [-0.15, -0.1) is 0 Å². The third-order valence-corrected chi connectivity index (χ3v) is 3.55. The largest absolute Gasteiger partial charge is 0.370 e. The first-order valence-corrected chi connectivity index (χ1v) is 8.02. The van der Waals surface area contributed by atoms with Crippen molar-refractivity contribution in [2.75, 3.05) is 18.1 Å². The molecule has 0 atom stereocenters. The average molecular weight is 312 g/mol. The van der Waals surface area contributed by atoms with E-state index in [2.05, 4.69) is 33.4 Å². The third kappa shape index (κ3) is 4.11. The quantitative estimate of drug-likeness (QED) is 0.384. The van der Waals surface area contributed by atoms with E-state index < -0.39 is 0 Å². The Bertz CT molecular complexity index is 584. The van der Waals surface area contributed by atoms with Crippen LogP contribution in [0.15, 0.2) is 17.3 Å². The number of aromatic nitrogens is 4. The number of hydrogen-bond donors (Lipinski definition) is 1. The van der Waals surface area contributed by atoms with Crippen molar-refractivity contribution < 1.29 is 0 Å². The van der Waals surface area contributed by atoms with Crippen LogP contribution in [0.3, 0.4) is 0 Å². The van der Waals surface area contributed by atoms with E-state index in [0.29, 0.717) is 10.3 Å². The molecule has 0 amide bonds. The van der Waals surface area contributed by atoms with E-state index in [4.69, 9.17) is 11.6 Å². The first kappa shape index (κ1) is 15.1. The van der Waals surface area contributed by atoms with E-state index in [0.717, 1.165) is 31.0 Å². The molecule has 1 N–H and O–H groups in total. The fourth-order valence-electron chi connectivity index (χ4n) is 1.93. The molecule has 2 aromatic rings. The minimum atomic E-state index is 0.463. The summed E-state index contributed by atoms with van der Waals surface area (Å²) in [6, 6.07) is 3.83. The van der Waals surface area contributed by atoms with Crippen molar-refractivity contribution in [1.29, 1.82) is 0 Å². The Labute approximate surface area is 128 Å². The molecule has 0 unspecified atom stereocenters. The minimum Gasteiger partial charge on any atom is -0.370 e. The molecule has 5 nitrogen and oxygen atoms in total. The van der Waals surface area contributed by atoms with Crippen LogP contribution in [0, 0.1) is 13.8 Å². The summed E-state index contributed by atoms with van der Waals surface area (Å²) in [6.07, 6.45) is 2.90. The van der Waals surface area contributed by atoms with Crippen LogP contribution in [0.25, 0.3) is 0 Å². The van der Waals surface area contributed by atoms with Gasteiger partial charge in [-0.3, -0.25) is 4.68 Å². The summed E-state index contributed by atoms with van der Waals surface area (Å²) < 4.78 is 2.03. The maximum Gasteiger partial charge on any atom is 0.190 e. The van der Waals surface area contributed by atoms with E-state index in [9.17, 15) is 0 Å². The number of aryl methyl sites for hydroxylation is 3. The molecule has 0 bridgehead atoms. The van der Waals surface area contributed by atoms with Gasteiger partial charge in [0.25, 0.3) is 0 Å². The molecule has 0 fully saturated rings. The topological polar surface area (TPSA) is 55.6 Å². The standard InChI is InChI=1S/C13H18ClN5S/c1-9-7-10(2)19(18-9)6-4-5-15-12-8-11(14)16-13(17-12)20-3/h7-8H,4-6H2,1-3H3,(H,15,16,17). The second-order valence-electron chi connectivity index (χ2n) is 4.49. The smallest absolute Gasteiger partial charge is 0.190 e. The van der Waals surface area contributed by atoms with Gasteiger partial charge in [0.05, 0.1) is 5.69 Å². The molecule has 0 saturated carbocycles. The van der Waals surface area contributed by atoms with Crippen LogP contribution in [0.2, 0.25) is 5.15 Å². The second kappa shape index (κ2) is 6.95. The predicted molar refractivity (Wildman–Crippen MR) is 83.6 cm³/mol. The number of nitrogens with zero attached hydrogens (tertiary/aromatic N) is 4. The zero-order chi connectivity index (χ0) is 14.5. The first-order valence-electron chi connectivity index (χ1n) is 6.42. The Balaban J connectivity index is 1.84. The molecule has 2 aromatic heterocycles. The van der Waals surface area contributed by atoms with Crippen LogP contribution in [0.5, 0.6) is 0 Å². The fraction of sp³-hybridized carbons (Fsp3) is 0.462. The lowest BCUT2D eigenvalue weighted by Gasteiger charge is -2.08. The minimum absolute atomic E-state index is 0.463. The number of hydrogen-bond acceptors (Lipinski definition) is 5. The van der Waals surface area contributed by atoms with Gasteiger partial charge in [-0.05, 0) is 32.6 Å². The van der Waals surface area contributed by atoms with Crippen molar-refractivity contribution in [1.82, 2.24) is 19.7 Å². The average Bonchev–Trinajstić information content (AvgIpc) is 2.72. The van der Waals surface area contributed by atoms with Gasteiger partial charge in [0.2, 0.25) is 0 Å². The molecule has 0 aliphatic heterocycles. The number of anilines is 1. The van der Waals surface area contributed by atoms with E-state index in [1.54, 1.807) is 6.07 Å². The Morgan fingerprint density at radius 1 is 1.30 bits per heavy atom. The summed E-state index contributed by atoms with van der Waals surface area (Å²) in [5, 5.41) is 8.84. The van der Waals surface area contributed by atoms with Gasteiger partial charge in [0.1, 0.15) is 11.0 Å². The van der Waals surface area contributed by atoms with Gasteiger partial charge >= 0.3 is 0 Å². The molecule has 2 heterocycles. The molecule has 0 radical (unpaired) electrons. The first-order chi connectivity index (χ1) is 9.58. The lowest BCUT2D eigenvalue weighted by Crippen LogP contribution is -2.10. The van der Waals surface area contributed by atoms with Crippen molar-refractivity contribution in [3.8, 4) is 0 Å². The van der Waals surface area contributed by atoms with Crippen LogP contribution in [0.1, 0.15) is 17.8 Å². The fourth-order valence-corrected chi connectivity index (χ4v) is 2.54. The molecule has 108 valence electrons. The third-order valence-electron chi connectivity index (χ3n) is 2.81. The molecule has 0 aliphatic rings. The van der Waals surface area contributed by atoms with Crippen LogP contribution in [0.4, 0.5) is 5.82 Å². The van der Waals surface area contributed by atoms with Crippen LogP contribution in [-0.4, -0.2) is 32.5 Å². The van der Waals surface area contributed by atoms with Crippen molar-refractivity contribution >= 4 is 29.2 Å². The van der Waals surface area contributed by atoms with Gasteiger partial charge in [0.15, 0.2) is 5.16 Å². The van der Waals surface area contributed by atoms with E-state index in [1.165, 1.54) is 17.5 Å². The van der Waals surface area contributed by atoms with Gasteiger partial charge in [0, 0.05) is 24.8 Å². The summed E-state index contributed by atoms with van der Waals surface area (Å²) in [4.78, 5) is 8.46. The molecule has 0 spiro atoms. The molecular weight excluding hydrogens is 294 g/mol. The lowest BCUT2D eigenvalue weighted by molar-refractivity contribution is 0.573. The molecule has 20 heavy (non-hydrogen) atoms. The number of thioether (sulfide) groups is 1. The van der Waals surface area contributed by atoms with Crippen LogP contribution < -0.4 is 5.32 Å². The summed E-state index contributed by atoms with van der Waals surface area (Å²) in [5.41, 5.74) is 2.25. The number of rotatable bonds is 6. The highest BCUT2D eigenvalue weighted by molar-refractivity contribution is 7.98. The molecular formula is C13H18ClN5S. The zero-order valence-corrected chi connectivity index (χ0v) is 13.4. The highest BCUT2D eigenvalue weighted by Gasteiger charge is 2.03. The number of nitrogens with one attached hydrogen (secondary N) is 1. The summed E-state index contributed by atoms with van der Waals surface area (Å²) >= 11 is 7.42. The highest BCUT2D eigenvalue weighted by atomic mass is 35.5. The molecule has 7 heteroatoms. The normalized spacial score (nSPS) is 10.8. The summed E-state index contributed by atoms with van der Waals surface area (Å²) in [6.45, 7) is 5.79. The van der Waals surface area contributed by atoms with Gasteiger partial charge in [-0.2, -0.15) is 5.10 Å².